The van der Waals surface area contributed by atoms with E-state index in [-0.39, 0.29) is 17.7 Å². The van der Waals surface area contributed by atoms with Crippen LogP contribution in [0.15, 0.2) is 54.6 Å². The molecule has 0 bridgehead atoms. The summed E-state index contributed by atoms with van der Waals surface area (Å²) in [5.41, 5.74) is 1.81. The lowest BCUT2D eigenvalue weighted by atomic mass is 10.0. The molecular weight excluding hydrogens is 390 g/mol. The van der Waals surface area contributed by atoms with Gasteiger partial charge in [-0.15, -0.1) is 0 Å². The van der Waals surface area contributed by atoms with Crippen molar-refractivity contribution >= 4 is 11.8 Å². The van der Waals surface area contributed by atoms with Crippen LogP contribution in [0.25, 0.3) is 0 Å². The Bertz CT molecular complexity index is 844. The van der Waals surface area contributed by atoms with Gasteiger partial charge in [0.15, 0.2) is 0 Å². The minimum Gasteiger partial charge on any atom is -0.494 e. The summed E-state index contributed by atoms with van der Waals surface area (Å²) in [5.74, 6) is 0.483. The summed E-state index contributed by atoms with van der Waals surface area (Å²) in [6.45, 7) is 10.3. The zero-order valence-corrected chi connectivity index (χ0v) is 18.7. The molecule has 0 aliphatic carbocycles. The zero-order valence-electron chi connectivity index (χ0n) is 18.7. The summed E-state index contributed by atoms with van der Waals surface area (Å²) in [6.07, 6.45) is 0. The summed E-state index contributed by atoms with van der Waals surface area (Å²) in [7, 11) is 0. The third-order valence-corrected chi connectivity index (χ3v) is 5.58. The van der Waals surface area contributed by atoms with E-state index in [2.05, 4.69) is 34.5 Å². The first kappa shape index (κ1) is 22.8. The van der Waals surface area contributed by atoms with Crippen LogP contribution in [0.4, 0.5) is 0 Å². The summed E-state index contributed by atoms with van der Waals surface area (Å²) in [6, 6.07) is 16.8. The van der Waals surface area contributed by atoms with Gasteiger partial charge in [0.25, 0.3) is 5.91 Å². The van der Waals surface area contributed by atoms with Gasteiger partial charge >= 0.3 is 0 Å². The van der Waals surface area contributed by atoms with Crippen LogP contribution >= 0.6 is 0 Å². The molecular formula is C25H33N3O3. The second kappa shape index (κ2) is 11.0. The van der Waals surface area contributed by atoms with Crippen molar-refractivity contribution in [2.75, 3.05) is 32.8 Å². The first-order chi connectivity index (χ1) is 15.0. The molecule has 2 amide bonds. The Balaban J connectivity index is 1.56. The second-order valence-electron chi connectivity index (χ2n) is 8.24. The number of piperazine rings is 1. The normalized spacial score (nSPS) is 15.5. The Morgan fingerprint density at radius 3 is 2.19 bits per heavy atom. The third-order valence-electron chi connectivity index (χ3n) is 5.58. The highest BCUT2D eigenvalue weighted by molar-refractivity contribution is 5.97. The fraction of sp³-hybridized carbons (Fsp3) is 0.440. The van der Waals surface area contributed by atoms with Crippen molar-refractivity contribution in [1.82, 2.24) is 15.1 Å². The molecule has 2 aromatic rings. The Morgan fingerprint density at radius 1 is 0.968 bits per heavy atom. The first-order valence-corrected chi connectivity index (χ1v) is 11.1. The number of hydrogen-bond acceptors (Lipinski definition) is 4. The number of amides is 2. The molecule has 3 rings (SSSR count). The monoisotopic (exact) mass is 423 g/mol. The summed E-state index contributed by atoms with van der Waals surface area (Å²) in [5, 5.41) is 2.95. The van der Waals surface area contributed by atoms with E-state index in [0.717, 1.165) is 25.4 Å². The summed E-state index contributed by atoms with van der Waals surface area (Å²) >= 11 is 0. The van der Waals surface area contributed by atoms with E-state index in [4.69, 9.17) is 4.74 Å². The van der Waals surface area contributed by atoms with Crippen molar-refractivity contribution in [2.24, 2.45) is 5.92 Å². The van der Waals surface area contributed by atoms with Gasteiger partial charge in [-0.2, -0.15) is 0 Å². The van der Waals surface area contributed by atoms with Crippen LogP contribution in [-0.2, 0) is 11.3 Å². The molecule has 1 aliphatic heterocycles. The zero-order chi connectivity index (χ0) is 22.2. The molecule has 1 N–H and O–H groups in total. The minimum atomic E-state index is -0.542. The molecule has 2 aromatic carbocycles. The fourth-order valence-corrected chi connectivity index (χ4v) is 3.77. The van der Waals surface area contributed by atoms with Crippen molar-refractivity contribution in [2.45, 2.75) is 33.4 Å². The number of carbonyl (C=O) groups is 2. The van der Waals surface area contributed by atoms with Crippen LogP contribution in [0.3, 0.4) is 0 Å². The van der Waals surface area contributed by atoms with E-state index in [9.17, 15) is 9.59 Å². The lowest BCUT2D eigenvalue weighted by molar-refractivity contribution is -0.136. The molecule has 1 saturated heterocycles. The van der Waals surface area contributed by atoms with Crippen LogP contribution in [-0.4, -0.2) is 60.4 Å². The molecule has 166 valence electrons. The van der Waals surface area contributed by atoms with Gasteiger partial charge in [0.1, 0.15) is 11.8 Å². The Morgan fingerprint density at radius 2 is 1.61 bits per heavy atom. The number of rotatable bonds is 8. The molecule has 1 fully saturated rings. The number of nitrogens with one attached hydrogen (secondary N) is 1. The van der Waals surface area contributed by atoms with Crippen molar-refractivity contribution < 1.29 is 14.3 Å². The van der Waals surface area contributed by atoms with Gasteiger partial charge in [0, 0.05) is 38.3 Å². The van der Waals surface area contributed by atoms with Gasteiger partial charge in [-0.3, -0.25) is 14.5 Å². The molecule has 1 aliphatic rings. The van der Waals surface area contributed by atoms with E-state index >= 15 is 0 Å². The third kappa shape index (κ3) is 6.31. The van der Waals surface area contributed by atoms with Crippen molar-refractivity contribution in [3.05, 3.63) is 65.7 Å². The summed E-state index contributed by atoms with van der Waals surface area (Å²) in [4.78, 5) is 30.2. The maximum atomic E-state index is 13.2. The number of nitrogens with zero attached hydrogens (tertiary/aromatic N) is 2. The number of benzene rings is 2. The molecule has 6 heteroatoms. The minimum absolute atomic E-state index is 0.00139. The highest BCUT2D eigenvalue weighted by Gasteiger charge is 2.31. The van der Waals surface area contributed by atoms with Gasteiger partial charge in [-0.05, 0) is 42.7 Å². The SMILES string of the molecule is CCOc1ccc(C(=O)N[C@H](C(=O)N2CCN(Cc3ccccc3)CC2)C(C)C)cc1. The van der Waals surface area contributed by atoms with Gasteiger partial charge in [-0.25, -0.2) is 0 Å². The molecule has 0 radical (unpaired) electrons. The predicted octanol–water partition coefficient (Wildman–Crippen LogP) is 3.18. The van der Waals surface area contributed by atoms with Crippen LogP contribution < -0.4 is 10.1 Å². The molecule has 6 nitrogen and oxygen atoms in total. The highest BCUT2D eigenvalue weighted by atomic mass is 16.5. The van der Waals surface area contributed by atoms with E-state index in [1.165, 1.54) is 5.56 Å². The maximum absolute atomic E-state index is 13.2. The Hall–Kier alpha value is -2.86. The standard InChI is InChI=1S/C25H33N3O3/c1-4-31-22-12-10-21(11-13-22)24(29)26-23(19(2)3)25(30)28-16-14-27(15-17-28)18-20-8-6-5-7-9-20/h5-13,19,23H,4,14-18H2,1-3H3,(H,26,29)/t23-/m0/s1. The summed E-state index contributed by atoms with van der Waals surface area (Å²) < 4.78 is 5.43. The Kier molecular flexibility index (Phi) is 8.06. The molecule has 0 saturated carbocycles. The van der Waals surface area contributed by atoms with Crippen LogP contribution in [0, 0.1) is 5.92 Å². The fourth-order valence-electron chi connectivity index (χ4n) is 3.77. The van der Waals surface area contributed by atoms with Crippen molar-refractivity contribution in [3.63, 3.8) is 0 Å². The highest BCUT2D eigenvalue weighted by Crippen LogP contribution is 2.15. The number of carbonyl (C=O) groups excluding carboxylic acids is 2. The van der Waals surface area contributed by atoms with Gasteiger partial charge in [0.05, 0.1) is 6.61 Å². The molecule has 1 heterocycles. The Labute approximate surface area is 185 Å². The molecule has 0 spiro atoms. The molecule has 0 aromatic heterocycles. The lowest BCUT2D eigenvalue weighted by Gasteiger charge is -2.37. The number of ether oxygens (including phenoxy) is 1. The van der Waals surface area contributed by atoms with Crippen LogP contribution in [0.1, 0.15) is 36.7 Å². The lowest BCUT2D eigenvalue weighted by Crippen LogP contribution is -2.56. The van der Waals surface area contributed by atoms with E-state index in [0.29, 0.717) is 25.3 Å². The average molecular weight is 424 g/mol. The van der Waals surface area contributed by atoms with Gasteiger partial charge in [0.2, 0.25) is 5.91 Å². The average Bonchev–Trinajstić information content (AvgIpc) is 2.78. The predicted molar refractivity (Wildman–Crippen MR) is 122 cm³/mol. The topological polar surface area (TPSA) is 61.9 Å². The smallest absolute Gasteiger partial charge is 0.251 e. The number of hydrogen-bond donors (Lipinski definition) is 1. The largest absolute Gasteiger partial charge is 0.494 e. The second-order valence-corrected chi connectivity index (χ2v) is 8.24. The van der Waals surface area contributed by atoms with E-state index in [1.807, 2.05) is 31.7 Å². The first-order valence-electron chi connectivity index (χ1n) is 11.1. The molecule has 0 unspecified atom stereocenters. The van der Waals surface area contributed by atoms with Gasteiger partial charge < -0.3 is 15.0 Å². The van der Waals surface area contributed by atoms with Gasteiger partial charge in [-0.1, -0.05) is 44.2 Å². The van der Waals surface area contributed by atoms with E-state index in [1.54, 1.807) is 24.3 Å². The maximum Gasteiger partial charge on any atom is 0.251 e. The van der Waals surface area contributed by atoms with E-state index < -0.39 is 6.04 Å². The quantitative estimate of drug-likeness (QED) is 0.708. The van der Waals surface area contributed by atoms with Crippen LogP contribution in [0.2, 0.25) is 0 Å². The van der Waals surface area contributed by atoms with Crippen LogP contribution in [0.5, 0.6) is 5.75 Å². The molecule has 1 atom stereocenters. The molecule has 31 heavy (non-hydrogen) atoms. The van der Waals surface area contributed by atoms with Crippen molar-refractivity contribution in [3.8, 4) is 5.75 Å². The van der Waals surface area contributed by atoms with Crippen molar-refractivity contribution in [1.29, 1.82) is 0 Å².